The van der Waals surface area contributed by atoms with Crippen LogP contribution < -0.4 is 5.32 Å². The van der Waals surface area contributed by atoms with Crippen molar-refractivity contribution in [1.82, 2.24) is 10.2 Å². The first-order valence-corrected chi connectivity index (χ1v) is 4.93. The van der Waals surface area contributed by atoms with Gasteiger partial charge in [-0.25, -0.2) is 4.79 Å². The summed E-state index contributed by atoms with van der Waals surface area (Å²) >= 11 is 0. The Labute approximate surface area is 79.2 Å². The minimum atomic E-state index is -0.147. The lowest BCUT2D eigenvalue weighted by Crippen LogP contribution is -2.49. The molecule has 2 fully saturated rings. The van der Waals surface area contributed by atoms with Gasteiger partial charge in [-0.15, -0.1) is 0 Å². The summed E-state index contributed by atoms with van der Waals surface area (Å²) in [7, 11) is 0. The van der Waals surface area contributed by atoms with E-state index >= 15 is 0 Å². The van der Waals surface area contributed by atoms with E-state index in [1.807, 2.05) is 0 Å². The third kappa shape index (κ3) is 2.59. The maximum atomic E-state index is 10.9. The van der Waals surface area contributed by atoms with Crippen molar-refractivity contribution in [3.05, 3.63) is 0 Å². The summed E-state index contributed by atoms with van der Waals surface area (Å²) in [5.74, 6) is 0. The van der Waals surface area contributed by atoms with Crippen LogP contribution in [0, 0.1) is 0 Å². The summed E-state index contributed by atoms with van der Waals surface area (Å²) in [4.78, 5) is 12.7. The topological polar surface area (TPSA) is 41.6 Å². The minimum absolute atomic E-state index is 0.147. The third-order valence-electron chi connectivity index (χ3n) is 1.98. The number of hydrogen-bond donors (Lipinski definition) is 1. The second kappa shape index (κ2) is 5.07. The zero-order valence-corrected chi connectivity index (χ0v) is 8.38. The predicted octanol–water partition coefficient (Wildman–Crippen LogP) is 0.827. The van der Waals surface area contributed by atoms with Crippen LogP contribution in [0.2, 0.25) is 0 Å². The van der Waals surface area contributed by atoms with Crippen LogP contribution in [0.15, 0.2) is 0 Å². The molecule has 2 heterocycles. The Kier molecular flexibility index (Phi) is 4.02. The molecule has 0 radical (unpaired) electrons. The van der Waals surface area contributed by atoms with Gasteiger partial charge in [0, 0.05) is 19.6 Å². The molecule has 2 saturated heterocycles. The van der Waals surface area contributed by atoms with E-state index in [1.165, 1.54) is 6.42 Å². The third-order valence-corrected chi connectivity index (χ3v) is 1.98. The van der Waals surface area contributed by atoms with Crippen molar-refractivity contribution in [2.75, 3.05) is 26.2 Å². The van der Waals surface area contributed by atoms with Crippen LogP contribution in [-0.2, 0) is 4.74 Å². The van der Waals surface area contributed by atoms with Crippen molar-refractivity contribution in [3.8, 4) is 0 Å². The SMILES string of the molecule is CCC.O=C1OCC2CNCCN12. The van der Waals surface area contributed by atoms with E-state index in [1.54, 1.807) is 4.90 Å². The number of nitrogens with zero attached hydrogens (tertiary/aromatic N) is 1. The Morgan fingerprint density at radius 1 is 1.62 bits per heavy atom. The maximum Gasteiger partial charge on any atom is 0.410 e. The number of cyclic esters (lactones) is 1. The van der Waals surface area contributed by atoms with Gasteiger partial charge in [-0.05, 0) is 0 Å². The molecule has 1 amide bonds. The van der Waals surface area contributed by atoms with E-state index in [2.05, 4.69) is 19.2 Å². The fourth-order valence-electron chi connectivity index (χ4n) is 1.40. The lowest BCUT2D eigenvalue weighted by atomic mass is 10.2. The van der Waals surface area contributed by atoms with Gasteiger partial charge < -0.3 is 10.1 Å². The highest BCUT2D eigenvalue weighted by atomic mass is 16.6. The van der Waals surface area contributed by atoms with Crippen LogP contribution in [0.5, 0.6) is 0 Å². The smallest absolute Gasteiger partial charge is 0.410 e. The highest BCUT2D eigenvalue weighted by molar-refractivity contribution is 5.70. The average Bonchev–Trinajstić information content (AvgIpc) is 2.50. The monoisotopic (exact) mass is 186 g/mol. The van der Waals surface area contributed by atoms with Crippen molar-refractivity contribution in [2.45, 2.75) is 26.3 Å². The summed E-state index contributed by atoms with van der Waals surface area (Å²) in [6.07, 6.45) is 1.10. The number of nitrogens with one attached hydrogen (secondary N) is 1. The number of carbonyl (C=O) groups excluding carboxylic acids is 1. The maximum absolute atomic E-state index is 10.9. The molecule has 0 spiro atoms. The molecule has 76 valence electrons. The van der Waals surface area contributed by atoms with Crippen molar-refractivity contribution >= 4 is 6.09 Å². The number of amides is 1. The molecule has 1 unspecified atom stereocenters. The van der Waals surface area contributed by atoms with Crippen LogP contribution in [-0.4, -0.2) is 43.3 Å². The van der Waals surface area contributed by atoms with Gasteiger partial charge >= 0.3 is 6.09 Å². The van der Waals surface area contributed by atoms with Crippen molar-refractivity contribution in [1.29, 1.82) is 0 Å². The van der Waals surface area contributed by atoms with Gasteiger partial charge in [0.1, 0.15) is 6.61 Å². The van der Waals surface area contributed by atoms with E-state index in [-0.39, 0.29) is 6.09 Å². The zero-order valence-electron chi connectivity index (χ0n) is 8.38. The van der Waals surface area contributed by atoms with Crippen LogP contribution in [0.1, 0.15) is 20.3 Å². The van der Waals surface area contributed by atoms with E-state index in [9.17, 15) is 4.79 Å². The summed E-state index contributed by atoms with van der Waals surface area (Å²) in [6, 6.07) is 0.293. The average molecular weight is 186 g/mol. The summed E-state index contributed by atoms with van der Waals surface area (Å²) < 4.78 is 4.85. The summed E-state index contributed by atoms with van der Waals surface area (Å²) in [5, 5.41) is 3.20. The highest BCUT2D eigenvalue weighted by Crippen LogP contribution is 2.12. The second-order valence-corrected chi connectivity index (χ2v) is 3.34. The molecule has 1 N–H and O–H groups in total. The molecule has 13 heavy (non-hydrogen) atoms. The van der Waals surface area contributed by atoms with Crippen LogP contribution in [0.3, 0.4) is 0 Å². The van der Waals surface area contributed by atoms with Gasteiger partial charge in [0.2, 0.25) is 0 Å². The number of rotatable bonds is 0. The molecule has 1 atom stereocenters. The molecule has 0 saturated carbocycles. The van der Waals surface area contributed by atoms with Crippen LogP contribution >= 0.6 is 0 Å². The Hall–Kier alpha value is -0.770. The van der Waals surface area contributed by atoms with Crippen molar-refractivity contribution in [2.24, 2.45) is 0 Å². The molecule has 0 aromatic heterocycles. The normalized spacial score (nSPS) is 25.8. The van der Waals surface area contributed by atoms with Gasteiger partial charge in [0.05, 0.1) is 6.04 Å². The first-order chi connectivity index (χ1) is 6.29. The molecular weight excluding hydrogens is 168 g/mol. The Balaban J connectivity index is 0.000000251. The van der Waals surface area contributed by atoms with Crippen molar-refractivity contribution in [3.63, 3.8) is 0 Å². The zero-order chi connectivity index (χ0) is 9.68. The minimum Gasteiger partial charge on any atom is -0.447 e. The van der Waals surface area contributed by atoms with Gasteiger partial charge in [0.25, 0.3) is 0 Å². The number of fused-ring (bicyclic) bond motifs is 1. The van der Waals surface area contributed by atoms with E-state index < -0.39 is 0 Å². The molecule has 0 bridgehead atoms. The van der Waals surface area contributed by atoms with Crippen molar-refractivity contribution < 1.29 is 9.53 Å². The molecule has 4 nitrogen and oxygen atoms in total. The summed E-state index contributed by atoms with van der Waals surface area (Å²) in [6.45, 7) is 7.38. The molecule has 0 aromatic carbocycles. The van der Waals surface area contributed by atoms with Gasteiger partial charge in [-0.2, -0.15) is 0 Å². The number of ether oxygens (including phenoxy) is 1. The predicted molar refractivity (Wildman–Crippen MR) is 50.7 cm³/mol. The number of piperazine rings is 1. The molecular formula is C9H18N2O2. The fourth-order valence-corrected chi connectivity index (χ4v) is 1.40. The quantitative estimate of drug-likeness (QED) is 0.609. The fraction of sp³-hybridized carbons (Fsp3) is 0.889. The molecule has 2 aliphatic heterocycles. The number of carbonyl (C=O) groups is 1. The van der Waals surface area contributed by atoms with Gasteiger partial charge in [0.15, 0.2) is 0 Å². The second-order valence-electron chi connectivity index (χ2n) is 3.34. The largest absolute Gasteiger partial charge is 0.447 e. The standard InChI is InChI=1S/C6H10N2O2.C3H8/c9-6-8-2-1-7-3-5(8)4-10-6;1-3-2/h5,7H,1-4H2;3H2,1-2H3. The molecule has 2 rings (SSSR count). The molecule has 0 aliphatic carbocycles. The number of hydrogen-bond acceptors (Lipinski definition) is 3. The lowest BCUT2D eigenvalue weighted by molar-refractivity contribution is 0.155. The Morgan fingerprint density at radius 3 is 2.92 bits per heavy atom. The van der Waals surface area contributed by atoms with Gasteiger partial charge in [-0.3, -0.25) is 4.90 Å². The first-order valence-electron chi connectivity index (χ1n) is 4.93. The lowest BCUT2D eigenvalue weighted by Gasteiger charge is -2.26. The van der Waals surface area contributed by atoms with Crippen LogP contribution in [0.25, 0.3) is 0 Å². The van der Waals surface area contributed by atoms with Gasteiger partial charge in [-0.1, -0.05) is 20.3 Å². The molecule has 0 aromatic rings. The van der Waals surface area contributed by atoms with E-state index in [0.717, 1.165) is 19.6 Å². The Bertz CT molecular complexity index is 173. The van der Waals surface area contributed by atoms with E-state index in [0.29, 0.717) is 12.6 Å². The summed E-state index contributed by atoms with van der Waals surface area (Å²) in [5.41, 5.74) is 0. The van der Waals surface area contributed by atoms with E-state index in [4.69, 9.17) is 4.74 Å². The highest BCUT2D eigenvalue weighted by Gasteiger charge is 2.34. The van der Waals surface area contributed by atoms with Crippen LogP contribution in [0.4, 0.5) is 4.79 Å². The molecule has 2 aliphatic rings. The Morgan fingerprint density at radius 2 is 2.31 bits per heavy atom. The molecule has 4 heteroatoms. The first kappa shape index (κ1) is 10.3.